The number of aromatic nitrogens is 2. The quantitative estimate of drug-likeness (QED) is 0.129. The zero-order valence-electron chi connectivity index (χ0n) is 26.7. The lowest BCUT2D eigenvalue weighted by Crippen LogP contribution is -2.38. The molecular formula is C38H44N6O2. The molecule has 2 N–H and O–H groups in total. The lowest BCUT2D eigenvalue weighted by molar-refractivity contribution is 0.174. The highest BCUT2D eigenvalue weighted by Crippen LogP contribution is 2.24. The molecule has 1 unspecified atom stereocenters. The fraction of sp³-hybridized carbons (Fsp3) is 0.263. The van der Waals surface area contributed by atoms with Crippen molar-refractivity contribution in [1.29, 1.82) is 0 Å². The van der Waals surface area contributed by atoms with Gasteiger partial charge in [0.1, 0.15) is 23.1 Å². The number of rotatable bonds is 17. The molecule has 8 heteroatoms. The molecule has 3 aromatic carbocycles. The number of aliphatic hydroxyl groups excluding tert-OH is 1. The second-order valence-electron chi connectivity index (χ2n) is 11.4. The van der Waals surface area contributed by atoms with E-state index in [0.29, 0.717) is 18.8 Å². The van der Waals surface area contributed by atoms with Crippen LogP contribution in [0.5, 0.6) is 11.5 Å². The molecule has 2 heterocycles. The monoisotopic (exact) mass is 616 g/mol. The fourth-order valence-electron chi connectivity index (χ4n) is 5.14. The van der Waals surface area contributed by atoms with Crippen LogP contribution in [0.2, 0.25) is 0 Å². The first-order valence-corrected chi connectivity index (χ1v) is 15.8. The average Bonchev–Trinajstić information content (AvgIpc) is 3.11. The zero-order chi connectivity index (χ0) is 32.0. The van der Waals surface area contributed by atoms with E-state index >= 15 is 0 Å². The molecule has 0 saturated carbocycles. The molecule has 5 aromatic rings. The Morgan fingerprint density at radius 3 is 1.85 bits per heavy atom. The minimum absolute atomic E-state index is 0.442. The number of pyridine rings is 2. The average molecular weight is 617 g/mol. The van der Waals surface area contributed by atoms with E-state index in [-0.39, 0.29) is 0 Å². The van der Waals surface area contributed by atoms with E-state index in [2.05, 4.69) is 68.3 Å². The van der Waals surface area contributed by atoms with E-state index in [0.717, 1.165) is 55.7 Å². The molecule has 5 rings (SSSR count). The Morgan fingerprint density at radius 1 is 0.652 bits per heavy atom. The second kappa shape index (κ2) is 17.1. The summed E-state index contributed by atoms with van der Waals surface area (Å²) < 4.78 is 5.93. The third kappa shape index (κ3) is 10.1. The molecule has 46 heavy (non-hydrogen) atoms. The Labute approximate surface area is 272 Å². The summed E-state index contributed by atoms with van der Waals surface area (Å²) in [5, 5.41) is 14.2. The van der Waals surface area contributed by atoms with Gasteiger partial charge in [-0.1, -0.05) is 66.7 Å². The number of nitrogens with one attached hydrogen (secondary N) is 1. The number of benzene rings is 3. The van der Waals surface area contributed by atoms with Gasteiger partial charge >= 0.3 is 0 Å². The molecule has 8 nitrogen and oxygen atoms in total. The highest BCUT2D eigenvalue weighted by atomic mass is 16.5. The van der Waals surface area contributed by atoms with Crippen molar-refractivity contribution in [3.05, 3.63) is 144 Å². The molecule has 0 aliphatic rings. The molecule has 238 valence electrons. The van der Waals surface area contributed by atoms with Crippen LogP contribution >= 0.6 is 0 Å². The van der Waals surface area contributed by atoms with Crippen molar-refractivity contribution in [1.82, 2.24) is 20.2 Å². The van der Waals surface area contributed by atoms with E-state index in [9.17, 15) is 5.11 Å². The minimum atomic E-state index is -0.638. The first-order valence-electron chi connectivity index (χ1n) is 15.8. The van der Waals surface area contributed by atoms with Crippen molar-refractivity contribution in [3.8, 4) is 11.5 Å². The van der Waals surface area contributed by atoms with Crippen LogP contribution in [0.25, 0.3) is 0 Å². The number of para-hydroxylation sites is 1. The van der Waals surface area contributed by atoms with Crippen LogP contribution in [0.15, 0.2) is 128 Å². The summed E-state index contributed by atoms with van der Waals surface area (Å²) >= 11 is 0. The molecule has 0 bridgehead atoms. The Hall–Kier alpha value is -4.76. The van der Waals surface area contributed by atoms with E-state index in [1.54, 1.807) is 0 Å². The van der Waals surface area contributed by atoms with E-state index in [1.165, 1.54) is 11.1 Å². The van der Waals surface area contributed by atoms with E-state index < -0.39 is 6.10 Å². The van der Waals surface area contributed by atoms with Crippen LogP contribution < -0.4 is 19.9 Å². The van der Waals surface area contributed by atoms with Gasteiger partial charge in [-0.3, -0.25) is 4.90 Å². The van der Waals surface area contributed by atoms with Crippen molar-refractivity contribution in [2.24, 2.45) is 0 Å². The van der Waals surface area contributed by atoms with E-state index in [1.807, 2.05) is 103 Å². The molecule has 1 atom stereocenters. The van der Waals surface area contributed by atoms with Gasteiger partial charge in [0.15, 0.2) is 0 Å². The highest BCUT2D eigenvalue weighted by Gasteiger charge is 2.12. The molecule has 0 aliphatic carbocycles. The van der Waals surface area contributed by atoms with Crippen LogP contribution in [0.1, 0.15) is 22.8 Å². The lowest BCUT2D eigenvalue weighted by atomic mass is 10.1. The van der Waals surface area contributed by atoms with Crippen molar-refractivity contribution >= 4 is 11.6 Å². The number of hydrogen-bond donors (Lipinski definition) is 2. The third-order valence-electron chi connectivity index (χ3n) is 7.90. The topological polar surface area (TPSA) is 77.0 Å². The number of ether oxygens (including phenoxy) is 1. The summed E-state index contributed by atoms with van der Waals surface area (Å²) in [6.45, 7) is 5.51. The number of anilines is 2. The SMILES string of the molecule is CN(CCN(CCN(C)c1ccccn1)Cc1ccc(CNCC(O)c2cccc(Oc3ccccc3)c2)cc1)c1ccccn1. The maximum atomic E-state index is 10.8. The van der Waals surface area contributed by atoms with Gasteiger partial charge in [0.2, 0.25) is 0 Å². The molecule has 0 aliphatic heterocycles. The van der Waals surface area contributed by atoms with Gasteiger partial charge in [0, 0.05) is 72.3 Å². The Kier molecular flexibility index (Phi) is 12.1. The molecule has 0 saturated heterocycles. The molecule has 0 fully saturated rings. The first kappa shape index (κ1) is 32.6. The maximum Gasteiger partial charge on any atom is 0.128 e. The van der Waals surface area contributed by atoms with Crippen LogP contribution in [0.3, 0.4) is 0 Å². The Balaban J connectivity index is 1.12. The van der Waals surface area contributed by atoms with Gasteiger partial charge in [-0.15, -0.1) is 0 Å². The molecule has 0 amide bonds. The van der Waals surface area contributed by atoms with Gasteiger partial charge in [-0.2, -0.15) is 0 Å². The van der Waals surface area contributed by atoms with Crippen LogP contribution in [-0.4, -0.2) is 66.8 Å². The van der Waals surface area contributed by atoms with Gasteiger partial charge in [-0.05, 0) is 65.2 Å². The van der Waals surface area contributed by atoms with Crippen LogP contribution in [0, 0.1) is 0 Å². The molecule has 0 radical (unpaired) electrons. The van der Waals surface area contributed by atoms with Crippen molar-refractivity contribution in [3.63, 3.8) is 0 Å². The largest absolute Gasteiger partial charge is 0.457 e. The van der Waals surface area contributed by atoms with Crippen molar-refractivity contribution in [2.75, 3.05) is 56.6 Å². The van der Waals surface area contributed by atoms with E-state index in [4.69, 9.17) is 4.74 Å². The van der Waals surface area contributed by atoms with Gasteiger partial charge in [0.25, 0.3) is 0 Å². The summed E-state index contributed by atoms with van der Waals surface area (Å²) in [5.74, 6) is 3.43. The third-order valence-corrected chi connectivity index (χ3v) is 7.90. The predicted octanol–water partition coefficient (Wildman–Crippen LogP) is 6.17. The maximum absolute atomic E-state index is 10.8. The summed E-state index contributed by atoms with van der Waals surface area (Å²) in [7, 11) is 4.18. The summed E-state index contributed by atoms with van der Waals surface area (Å²) in [6, 6.07) is 38.1. The summed E-state index contributed by atoms with van der Waals surface area (Å²) in [5.41, 5.74) is 3.26. The Morgan fingerprint density at radius 2 is 1.24 bits per heavy atom. The number of hydrogen-bond acceptors (Lipinski definition) is 8. The van der Waals surface area contributed by atoms with Gasteiger partial charge in [0.05, 0.1) is 6.10 Å². The lowest BCUT2D eigenvalue weighted by Gasteiger charge is -2.28. The fourth-order valence-corrected chi connectivity index (χ4v) is 5.14. The second-order valence-corrected chi connectivity index (χ2v) is 11.4. The smallest absolute Gasteiger partial charge is 0.128 e. The zero-order valence-corrected chi connectivity index (χ0v) is 26.7. The summed E-state index contributed by atoms with van der Waals surface area (Å²) in [4.78, 5) is 15.9. The first-order chi connectivity index (χ1) is 22.5. The number of likely N-dealkylation sites (N-methyl/N-ethyl adjacent to an activating group) is 2. The van der Waals surface area contributed by atoms with Gasteiger partial charge in [-0.25, -0.2) is 9.97 Å². The minimum Gasteiger partial charge on any atom is -0.457 e. The highest BCUT2D eigenvalue weighted by molar-refractivity contribution is 5.38. The van der Waals surface area contributed by atoms with Gasteiger partial charge < -0.3 is 25.0 Å². The normalized spacial score (nSPS) is 11.7. The standard InChI is InChI=1S/C38H44N6O2/c1-42(37-15-6-8-21-40-37)23-25-44(26-24-43(2)38-16-7-9-22-41-38)30-32-19-17-31(18-20-32)28-39-29-36(45)33-11-10-14-35(27-33)46-34-12-4-3-5-13-34/h3-22,27,36,39,45H,23-26,28-30H2,1-2H3. The number of aliphatic hydroxyl groups is 1. The number of nitrogens with zero attached hydrogens (tertiary/aromatic N) is 5. The van der Waals surface area contributed by atoms with Crippen LogP contribution in [0.4, 0.5) is 11.6 Å². The van der Waals surface area contributed by atoms with Crippen molar-refractivity contribution in [2.45, 2.75) is 19.2 Å². The molecule has 0 spiro atoms. The Bertz CT molecular complexity index is 1520. The predicted molar refractivity (Wildman–Crippen MR) is 186 cm³/mol. The summed E-state index contributed by atoms with van der Waals surface area (Å²) in [6.07, 6.45) is 3.03. The van der Waals surface area contributed by atoms with Crippen molar-refractivity contribution < 1.29 is 9.84 Å². The molecule has 2 aromatic heterocycles. The van der Waals surface area contributed by atoms with Crippen LogP contribution in [-0.2, 0) is 13.1 Å². The molecular weight excluding hydrogens is 572 g/mol.